The molecule has 3 heterocycles. The van der Waals surface area contributed by atoms with Crippen molar-refractivity contribution in [1.82, 2.24) is 25.5 Å². The number of carbonyl (C=O) groups excluding carboxylic acids is 4. The van der Waals surface area contributed by atoms with Crippen LogP contribution in [0, 0.1) is 0 Å². The van der Waals surface area contributed by atoms with Gasteiger partial charge >= 0.3 is 12.0 Å². The van der Waals surface area contributed by atoms with E-state index < -0.39 is 36.0 Å². The Morgan fingerprint density at radius 1 is 1.09 bits per heavy atom. The quantitative estimate of drug-likeness (QED) is 0.402. The van der Waals surface area contributed by atoms with E-state index in [2.05, 4.69) is 15.8 Å². The Labute approximate surface area is 204 Å². The standard InChI is InChI=1S/C24H23N5O5S/c30-20(27-29-22(32)24(25-23(29)33)11-5-2-6-12-24)15-34-21(31)18-14-17(19-10-7-13-35-19)26-28(18)16-8-3-1-4-9-16/h1,3-4,7-10,13-14H,2,5-6,11-12,15H2,(H,25,33)(H,27,30). The highest BCUT2D eigenvalue weighted by Crippen LogP contribution is 2.33. The molecular formula is C24H23N5O5S. The summed E-state index contributed by atoms with van der Waals surface area (Å²) in [6, 6.07) is 13.8. The predicted octanol–water partition coefficient (Wildman–Crippen LogP) is 3.04. The van der Waals surface area contributed by atoms with Crippen molar-refractivity contribution in [2.75, 3.05) is 6.61 Å². The van der Waals surface area contributed by atoms with Gasteiger partial charge in [0, 0.05) is 6.07 Å². The van der Waals surface area contributed by atoms with E-state index in [4.69, 9.17) is 4.74 Å². The Bertz CT molecular complexity index is 1260. The van der Waals surface area contributed by atoms with Crippen molar-refractivity contribution in [2.45, 2.75) is 37.6 Å². The van der Waals surface area contributed by atoms with Gasteiger partial charge in [0.2, 0.25) is 0 Å². The zero-order valence-electron chi connectivity index (χ0n) is 18.7. The number of nitrogens with one attached hydrogen (secondary N) is 2. The van der Waals surface area contributed by atoms with Crippen LogP contribution in [-0.2, 0) is 14.3 Å². The Morgan fingerprint density at radius 2 is 1.86 bits per heavy atom. The average molecular weight is 494 g/mol. The van der Waals surface area contributed by atoms with E-state index in [-0.39, 0.29) is 5.69 Å². The summed E-state index contributed by atoms with van der Waals surface area (Å²) in [7, 11) is 0. The number of esters is 1. The summed E-state index contributed by atoms with van der Waals surface area (Å²) in [5.74, 6) is -2.04. The van der Waals surface area contributed by atoms with Gasteiger partial charge in [0.05, 0.1) is 10.6 Å². The monoisotopic (exact) mass is 493 g/mol. The minimum absolute atomic E-state index is 0.142. The molecule has 3 aromatic rings. The molecule has 2 aromatic heterocycles. The second-order valence-electron chi connectivity index (χ2n) is 8.46. The van der Waals surface area contributed by atoms with Gasteiger partial charge in [0.25, 0.3) is 11.8 Å². The molecule has 0 bridgehead atoms. The van der Waals surface area contributed by atoms with Gasteiger partial charge in [-0.25, -0.2) is 14.3 Å². The Hall–Kier alpha value is -3.99. The number of hydrogen-bond donors (Lipinski definition) is 2. The molecule has 1 spiro atoms. The van der Waals surface area contributed by atoms with E-state index in [1.54, 1.807) is 18.2 Å². The highest BCUT2D eigenvalue weighted by molar-refractivity contribution is 7.13. The van der Waals surface area contributed by atoms with Gasteiger partial charge in [-0.15, -0.1) is 11.3 Å². The van der Waals surface area contributed by atoms with Crippen molar-refractivity contribution in [3.63, 3.8) is 0 Å². The molecule has 1 aliphatic carbocycles. The van der Waals surface area contributed by atoms with Crippen LogP contribution in [0.15, 0.2) is 53.9 Å². The second-order valence-corrected chi connectivity index (χ2v) is 9.41. The maximum atomic E-state index is 12.9. The van der Waals surface area contributed by atoms with Crippen LogP contribution in [0.5, 0.6) is 0 Å². The minimum Gasteiger partial charge on any atom is -0.451 e. The van der Waals surface area contributed by atoms with Crippen molar-refractivity contribution in [3.8, 4) is 16.3 Å². The first kappa shape index (κ1) is 22.8. The lowest BCUT2D eigenvalue weighted by molar-refractivity contribution is -0.140. The van der Waals surface area contributed by atoms with Crippen molar-refractivity contribution in [1.29, 1.82) is 0 Å². The predicted molar refractivity (Wildman–Crippen MR) is 126 cm³/mol. The molecule has 180 valence electrons. The summed E-state index contributed by atoms with van der Waals surface area (Å²) in [5, 5.41) is 9.85. The molecule has 10 nitrogen and oxygen atoms in total. The number of hydrogen-bond acceptors (Lipinski definition) is 7. The molecule has 4 amide bonds. The van der Waals surface area contributed by atoms with Gasteiger partial charge in [-0.2, -0.15) is 10.1 Å². The number of rotatable bonds is 6. The maximum absolute atomic E-state index is 12.9. The average Bonchev–Trinajstić information content (AvgIpc) is 3.60. The van der Waals surface area contributed by atoms with Gasteiger partial charge in [0.1, 0.15) is 11.2 Å². The lowest BCUT2D eigenvalue weighted by Crippen LogP contribution is -2.51. The van der Waals surface area contributed by atoms with Crippen LogP contribution in [0.25, 0.3) is 16.3 Å². The molecule has 0 unspecified atom stereocenters. The summed E-state index contributed by atoms with van der Waals surface area (Å²) in [6.07, 6.45) is 3.73. The van der Waals surface area contributed by atoms with E-state index >= 15 is 0 Å². The number of benzene rings is 1. The number of imide groups is 1. The number of para-hydroxylation sites is 1. The summed E-state index contributed by atoms with van der Waals surface area (Å²) in [5.41, 5.74) is 2.70. The topological polar surface area (TPSA) is 123 Å². The van der Waals surface area contributed by atoms with Crippen LogP contribution >= 0.6 is 11.3 Å². The molecule has 1 saturated heterocycles. The highest BCUT2D eigenvalue weighted by atomic mass is 32.1. The van der Waals surface area contributed by atoms with Crippen molar-refractivity contribution < 1.29 is 23.9 Å². The third kappa shape index (κ3) is 4.42. The number of aromatic nitrogens is 2. The summed E-state index contributed by atoms with van der Waals surface area (Å²) in [6.45, 7) is -0.669. The molecule has 2 fully saturated rings. The number of amides is 4. The van der Waals surface area contributed by atoms with Crippen LogP contribution < -0.4 is 10.7 Å². The first-order valence-electron chi connectivity index (χ1n) is 11.3. The third-order valence-corrected chi connectivity index (χ3v) is 7.03. The molecule has 11 heteroatoms. The Kier molecular flexibility index (Phi) is 6.08. The normalized spacial score (nSPS) is 16.9. The lowest BCUT2D eigenvalue weighted by Gasteiger charge is -2.30. The third-order valence-electron chi connectivity index (χ3n) is 6.13. The second kappa shape index (κ2) is 9.34. The zero-order valence-corrected chi connectivity index (χ0v) is 19.5. The number of nitrogens with zero attached hydrogens (tertiary/aromatic N) is 3. The number of ether oxygens (including phenoxy) is 1. The number of urea groups is 1. The van der Waals surface area contributed by atoms with Gasteiger partial charge in [-0.3, -0.25) is 15.0 Å². The lowest BCUT2D eigenvalue weighted by atomic mass is 9.82. The molecule has 2 N–H and O–H groups in total. The largest absolute Gasteiger partial charge is 0.451 e. The molecule has 0 radical (unpaired) electrons. The number of hydrazine groups is 1. The summed E-state index contributed by atoms with van der Waals surface area (Å²) >= 11 is 1.48. The van der Waals surface area contributed by atoms with E-state index in [0.717, 1.165) is 24.1 Å². The Balaban J connectivity index is 1.28. The highest BCUT2D eigenvalue weighted by Gasteiger charge is 2.52. The van der Waals surface area contributed by atoms with Gasteiger partial charge in [-0.05, 0) is 36.4 Å². The van der Waals surface area contributed by atoms with E-state index in [1.807, 2.05) is 35.7 Å². The smallest absolute Gasteiger partial charge is 0.357 e. The van der Waals surface area contributed by atoms with Crippen molar-refractivity contribution >= 4 is 35.2 Å². The molecule has 1 aliphatic heterocycles. The van der Waals surface area contributed by atoms with E-state index in [9.17, 15) is 19.2 Å². The van der Waals surface area contributed by atoms with Crippen molar-refractivity contribution in [2.24, 2.45) is 0 Å². The summed E-state index contributed by atoms with van der Waals surface area (Å²) in [4.78, 5) is 51.4. The van der Waals surface area contributed by atoms with Gasteiger partial charge < -0.3 is 10.1 Å². The van der Waals surface area contributed by atoms with Gasteiger partial charge in [0.15, 0.2) is 12.3 Å². The molecule has 5 rings (SSSR count). The zero-order chi connectivity index (χ0) is 24.4. The molecular weight excluding hydrogens is 470 g/mol. The first-order valence-corrected chi connectivity index (χ1v) is 12.2. The van der Waals surface area contributed by atoms with Crippen LogP contribution in [0.1, 0.15) is 42.6 Å². The van der Waals surface area contributed by atoms with Crippen molar-refractivity contribution in [3.05, 3.63) is 59.6 Å². The van der Waals surface area contributed by atoms with E-state index in [0.29, 0.717) is 29.2 Å². The maximum Gasteiger partial charge on any atom is 0.357 e. The first-order chi connectivity index (χ1) is 17.0. The Morgan fingerprint density at radius 3 is 2.57 bits per heavy atom. The number of thiophene rings is 1. The van der Waals surface area contributed by atoms with Crippen LogP contribution in [0.2, 0.25) is 0 Å². The van der Waals surface area contributed by atoms with E-state index in [1.165, 1.54) is 16.0 Å². The molecule has 0 atom stereocenters. The fourth-order valence-corrected chi connectivity index (χ4v) is 5.10. The molecule has 35 heavy (non-hydrogen) atoms. The molecule has 1 saturated carbocycles. The van der Waals surface area contributed by atoms with Crippen LogP contribution in [-0.4, -0.2) is 50.7 Å². The van der Waals surface area contributed by atoms with Crippen LogP contribution in [0.3, 0.4) is 0 Å². The molecule has 1 aromatic carbocycles. The number of carbonyl (C=O) groups is 4. The fourth-order valence-electron chi connectivity index (χ4n) is 4.42. The van der Waals surface area contributed by atoms with Crippen LogP contribution in [0.4, 0.5) is 4.79 Å². The van der Waals surface area contributed by atoms with Gasteiger partial charge in [-0.1, -0.05) is 43.5 Å². The molecule has 2 aliphatic rings. The summed E-state index contributed by atoms with van der Waals surface area (Å²) < 4.78 is 6.68. The SMILES string of the molecule is O=C(COC(=O)c1cc(-c2cccs2)nn1-c1ccccc1)NN1C(=O)NC2(CCCCC2)C1=O. The fraction of sp³-hybridized carbons (Fsp3) is 0.292. The minimum atomic E-state index is -0.959.